The van der Waals surface area contributed by atoms with E-state index in [0.29, 0.717) is 48.3 Å². The van der Waals surface area contributed by atoms with Crippen molar-refractivity contribution in [3.05, 3.63) is 70.1 Å². The van der Waals surface area contributed by atoms with Crippen LogP contribution in [0.15, 0.2) is 58.2 Å². The van der Waals surface area contributed by atoms with Crippen molar-refractivity contribution in [1.82, 2.24) is 19.4 Å². The van der Waals surface area contributed by atoms with E-state index >= 15 is 0 Å². The third-order valence-corrected chi connectivity index (χ3v) is 7.85. The number of carbonyl (C=O) groups excluding carboxylic acids is 1. The molecule has 1 aliphatic rings. The number of benzene rings is 2. The molecule has 0 unspecified atom stereocenters. The molecule has 0 radical (unpaired) electrons. The summed E-state index contributed by atoms with van der Waals surface area (Å²) in [6.07, 6.45) is 2.77. The van der Waals surface area contributed by atoms with Gasteiger partial charge in [-0.3, -0.25) is 9.59 Å². The topological polar surface area (TPSA) is 111 Å². The Labute approximate surface area is 198 Å². The number of sulfonamides is 1. The van der Waals surface area contributed by atoms with E-state index in [-0.39, 0.29) is 22.9 Å². The third kappa shape index (κ3) is 5.03. The van der Waals surface area contributed by atoms with Gasteiger partial charge in [0.25, 0.3) is 11.5 Å². The Morgan fingerprint density at radius 3 is 2.38 bits per heavy atom. The molecule has 0 spiro atoms. The highest BCUT2D eigenvalue weighted by Gasteiger charge is 2.26. The third-order valence-electron chi connectivity index (χ3n) is 5.94. The van der Waals surface area contributed by atoms with Crippen LogP contribution in [0.4, 0.5) is 0 Å². The number of hydrogen-bond donors (Lipinski definition) is 1. The Morgan fingerprint density at radius 2 is 1.71 bits per heavy atom. The Balaban J connectivity index is 1.50. The first-order valence-electron chi connectivity index (χ1n) is 11.3. The summed E-state index contributed by atoms with van der Waals surface area (Å²) in [5.74, 6) is -0.359. The molecular weight excluding hydrogens is 456 g/mol. The van der Waals surface area contributed by atoms with Crippen LogP contribution < -0.4 is 10.9 Å². The fourth-order valence-electron chi connectivity index (χ4n) is 4.06. The van der Waals surface area contributed by atoms with Gasteiger partial charge >= 0.3 is 0 Å². The van der Waals surface area contributed by atoms with Gasteiger partial charge in [-0.15, -0.1) is 0 Å². The maximum Gasteiger partial charge on any atom is 0.274 e. The molecule has 0 saturated carbocycles. The number of nitrogens with one attached hydrogen (secondary N) is 1. The number of aromatic nitrogens is 2. The van der Waals surface area contributed by atoms with E-state index in [1.54, 1.807) is 25.3 Å². The highest BCUT2D eigenvalue weighted by molar-refractivity contribution is 7.89. The van der Waals surface area contributed by atoms with Crippen molar-refractivity contribution in [1.29, 1.82) is 0 Å². The van der Waals surface area contributed by atoms with Gasteiger partial charge in [-0.1, -0.05) is 24.6 Å². The predicted octanol–water partition coefficient (Wildman–Crippen LogP) is 2.15. The number of fused-ring (bicyclic) bond motifs is 1. The molecule has 1 aromatic heterocycles. The van der Waals surface area contributed by atoms with Crippen LogP contribution in [0.3, 0.4) is 0 Å². The van der Waals surface area contributed by atoms with Crippen molar-refractivity contribution >= 4 is 26.7 Å². The zero-order valence-corrected chi connectivity index (χ0v) is 19.9. The number of methoxy groups -OCH3 is 1. The van der Waals surface area contributed by atoms with Crippen molar-refractivity contribution < 1.29 is 17.9 Å². The molecule has 0 bridgehead atoms. The Morgan fingerprint density at radius 1 is 1.03 bits per heavy atom. The predicted molar refractivity (Wildman–Crippen MR) is 128 cm³/mol. The molecule has 2 aromatic carbocycles. The molecule has 1 N–H and O–H groups in total. The molecule has 0 aliphatic carbocycles. The van der Waals surface area contributed by atoms with E-state index in [1.165, 1.54) is 33.3 Å². The van der Waals surface area contributed by atoms with E-state index in [1.807, 2.05) is 6.07 Å². The van der Waals surface area contributed by atoms with E-state index in [9.17, 15) is 18.0 Å². The quantitative estimate of drug-likeness (QED) is 0.525. The first-order valence-corrected chi connectivity index (χ1v) is 12.7. The molecule has 0 atom stereocenters. The lowest BCUT2D eigenvalue weighted by atomic mass is 10.1. The summed E-state index contributed by atoms with van der Waals surface area (Å²) >= 11 is 0. The summed E-state index contributed by atoms with van der Waals surface area (Å²) in [6.45, 7) is 1.80. The van der Waals surface area contributed by atoms with Gasteiger partial charge in [0.2, 0.25) is 10.0 Å². The summed E-state index contributed by atoms with van der Waals surface area (Å²) in [5, 5.41) is 8.44. The van der Waals surface area contributed by atoms with Gasteiger partial charge in [0.1, 0.15) is 0 Å². The van der Waals surface area contributed by atoms with E-state index in [2.05, 4.69) is 10.4 Å². The molecule has 2 heterocycles. The molecule has 1 amide bonds. The monoisotopic (exact) mass is 484 g/mol. The summed E-state index contributed by atoms with van der Waals surface area (Å²) in [7, 11) is -2.00. The number of piperidine rings is 1. The van der Waals surface area contributed by atoms with Gasteiger partial charge in [-0.2, -0.15) is 9.40 Å². The average molecular weight is 485 g/mol. The van der Waals surface area contributed by atoms with Crippen molar-refractivity contribution in [3.8, 4) is 0 Å². The van der Waals surface area contributed by atoms with Crippen molar-refractivity contribution in [2.45, 2.75) is 37.2 Å². The zero-order valence-electron chi connectivity index (χ0n) is 19.1. The van der Waals surface area contributed by atoms with Crippen LogP contribution in [0.2, 0.25) is 0 Å². The molecule has 10 heteroatoms. The van der Waals surface area contributed by atoms with Crippen LogP contribution in [-0.4, -0.2) is 55.2 Å². The number of nitrogens with zero attached hydrogens (tertiary/aromatic N) is 3. The molecule has 9 nitrogen and oxygen atoms in total. The van der Waals surface area contributed by atoms with Gasteiger partial charge in [-0.05, 0) is 43.2 Å². The second kappa shape index (κ2) is 10.5. The normalized spacial score (nSPS) is 14.9. The number of rotatable bonds is 8. The lowest BCUT2D eigenvalue weighted by Crippen LogP contribution is -2.35. The van der Waals surface area contributed by atoms with E-state index in [0.717, 1.165) is 19.3 Å². The van der Waals surface area contributed by atoms with Gasteiger partial charge in [-0.25, -0.2) is 13.1 Å². The van der Waals surface area contributed by atoms with Gasteiger partial charge in [0.15, 0.2) is 0 Å². The van der Waals surface area contributed by atoms with Crippen molar-refractivity contribution in [2.75, 3.05) is 26.8 Å². The Kier molecular flexibility index (Phi) is 7.40. The SMILES string of the molecule is COCCn1nc(CNC(=O)c2ccc(S(=O)(=O)N3CCCCC3)cc2)c2ccccc2c1=O. The van der Waals surface area contributed by atoms with Crippen LogP contribution in [-0.2, 0) is 27.8 Å². The van der Waals surface area contributed by atoms with Gasteiger partial charge < -0.3 is 10.1 Å². The largest absolute Gasteiger partial charge is 0.383 e. The fourth-order valence-corrected chi connectivity index (χ4v) is 5.58. The highest BCUT2D eigenvalue weighted by atomic mass is 32.2. The van der Waals surface area contributed by atoms with Crippen LogP contribution in [0, 0.1) is 0 Å². The molecule has 1 fully saturated rings. The summed E-state index contributed by atoms with van der Waals surface area (Å²) in [5.41, 5.74) is 0.687. The van der Waals surface area contributed by atoms with Crippen molar-refractivity contribution in [3.63, 3.8) is 0 Å². The first-order chi connectivity index (χ1) is 16.4. The molecule has 34 heavy (non-hydrogen) atoms. The zero-order chi connectivity index (χ0) is 24.1. The molecule has 180 valence electrons. The van der Waals surface area contributed by atoms with Gasteiger partial charge in [0.05, 0.1) is 35.7 Å². The Bertz CT molecular complexity index is 1330. The van der Waals surface area contributed by atoms with E-state index in [4.69, 9.17) is 4.74 Å². The van der Waals surface area contributed by atoms with Crippen LogP contribution in [0.5, 0.6) is 0 Å². The fraction of sp³-hybridized carbons (Fsp3) is 0.375. The minimum atomic E-state index is -3.55. The number of carbonyl (C=O) groups is 1. The number of hydrogen-bond acceptors (Lipinski definition) is 6. The maximum absolute atomic E-state index is 12.8. The van der Waals surface area contributed by atoms with Crippen LogP contribution in [0.25, 0.3) is 10.8 Å². The minimum Gasteiger partial charge on any atom is -0.383 e. The van der Waals surface area contributed by atoms with Gasteiger partial charge in [0, 0.05) is 31.1 Å². The average Bonchev–Trinajstić information content (AvgIpc) is 2.88. The summed E-state index contributed by atoms with van der Waals surface area (Å²) in [6, 6.07) is 13.1. The summed E-state index contributed by atoms with van der Waals surface area (Å²) < 4.78 is 33.5. The Hall–Kier alpha value is -3.08. The lowest BCUT2D eigenvalue weighted by Gasteiger charge is -2.25. The molecular formula is C24H28N4O5S. The standard InChI is InChI=1S/C24H28N4O5S/c1-33-16-15-28-24(30)21-8-4-3-7-20(21)22(26-28)17-25-23(29)18-9-11-19(12-10-18)34(31,32)27-13-5-2-6-14-27/h3-4,7-12H,2,5-6,13-17H2,1H3,(H,25,29). The maximum atomic E-state index is 12.8. The smallest absolute Gasteiger partial charge is 0.274 e. The highest BCUT2D eigenvalue weighted by Crippen LogP contribution is 2.21. The molecule has 3 aromatic rings. The van der Waals surface area contributed by atoms with Crippen LogP contribution in [0.1, 0.15) is 35.3 Å². The minimum absolute atomic E-state index is 0.112. The second-order valence-corrected chi connectivity index (χ2v) is 10.1. The number of ether oxygens (including phenoxy) is 1. The van der Waals surface area contributed by atoms with Crippen LogP contribution >= 0.6 is 0 Å². The summed E-state index contributed by atoms with van der Waals surface area (Å²) in [4.78, 5) is 25.6. The lowest BCUT2D eigenvalue weighted by molar-refractivity contribution is 0.0950. The number of amides is 1. The molecule has 1 saturated heterocycles. The van der Waals surface area contributed by atoms with Crippen molar-refractivity contribution in [2.24, 2.45) is 0 Å². The molecule has 1 aliphatic heterocycles. The molecule has 4 rings (SSSR count). The first kappa shape index (κ1) is 24.1. The second-order valence-electron chi connectivity index (χ2n) is 8.19. The van der Waals surface area contributed by atoms with E-state index < -0.39 is 10.0 Å².